The van der Waals surface area contributed by atoms with Crippen LogP contribution in [0.5, 0.6) is 0 Å². The lowest BCUT2D eigenvalue weighted by molar-refractivity contribution is 0.0635. The molecule has 5 nitrogen and oxygen atoms in total. The number of ether oxygens (including phenoxy) is 1. The SMILES string of the molecule is CC(C)CC(C)Nc1ccc(NC(=O)OC(C)(C)C)nc1. The zero-order valence-electron chi connectivity index (χ0n) is 13.9. The average Bonchev–Trinajstić information content (AvgIpc) is 2.27. The van der Waals surface area contributed by atoms with E-state index in [0.717, 1.165) is 12.1 Å². The topological polar surface area (TPSA) is 63.2 Å². The Hall–Kier alpha value is -1.78. The van der Waals surface area contributed by atoms with Crippen molar-refractivity contribution < 1.29 is 9.53 Å². The Morgan fingerprint density at radius 2 is 1.95 bits per heavy atom. The van der Waals surface area contributed by atoms with E-state index in [-0.39, 0.29) is 0 Å². The number of rotatable bonds is 5. The fourth-order valence-corrected chi connectivity index (χ4v) is 2.01. The highest BCUT2D eigenvalue weighted by molar-refractivity contribution is 5.83. The molecule has 1 atom stereocenters. The number of carbonyl (C=O) groups is 1. The van der Waals surface area contributed by atoms with E-state index in [1.165, 1.54) is 0 Å². The van der Waals surface area contributed by atoms with Crippen LogP contribution in [-0.2, 0) is 4.74 Å². The summed E-state index contributed by atoms with van der Waals surface area (Å²) in [6, 6.07) is 4.04. The fourth-order valence-electron chi connectivity index (χ4n) is 2.01. The molecule has 0 saturated carbocycles. The zero-order valence-corrected chi connectivity index (χ0v) is 13.9. The largest absolute Gasteiger partial charge is 0.444 e. The van der Waals surface area contributed by atoms with Gasteiger partial charge < -0.3 is 10.1 Å². The molecule has 1 heterocycles. The Labute approximate surface area is 127 Å². The monoisotopic (exact) mass is 293 g/mol. The van der Waals surface area contributed by atoms with E-state index in [9.17, 15) is 4.79 Å². The first-order chi connectivity index (χ1) is 9.65. The molecule has 0 aliphatic heterocycles. The summed E-state index contributed by atoms with van der Waals surface area (Å²) in [5.74, 6) is 1.12. The fraction of sp³-hybridized carbons (Fsp3) is 0.625. The maximum absolute atomic E-state index is 11.6. The van der Waals surface area contributed by atoms with Crippen molar-refractivity contribution in [3.8, 4) is 0 Å². The Morgan fingerprint density at radius 3 is 2.43 bits per heavy atom. The smallest absolute Gasteiger partial charge is 0.413 e. The molecule has 0 saturated heterocycles. The molecule has 21 heavy (non-hydrogen) atoms. The van der Waals surface area contributed by atoms with Crippen LogP contribution < -0.4 is 10.6 Å². The van der Waals surface area contributed by atoms with Crippen molar-refractivity contribution in [2.45, 2.75) is 59.6 Å². The molecule has 0 aliphatic rings. The summed E-state index contributed by atoms with van der Waals surface area (Å²) >= 11 is 0. The quantitative estimate of drug-likeness (QED) is 0.850. The lowest BCUT2D eigenvalue weighted by Crippen LogP contribution is -2.27. The molecule has 0 aromatic carbocycles. The summed E-state index contributed by atoms with van der Waals surface area (Å²) in [5, 5.41) is 6.00. The van der Waals surface area contributed by atoms with E-state index in [1.54, 1.807) is 12.3 Å². The van der Waals surface area contributed by atoms with Crippen LogP contribution in [0, 0.1) is 5.92 Å². The van der Waals surface area contributed by atoms with E-state index >= 15 is 0 Å². The van der Waals surface area contributed by atoms with Gasteiger partial charge in [0, 0.05) is 6.04 Å². The van der Waals surface area contributed by atoms with Crippen LogP contribution in [0.4, 0.5) is 16.3 Å². The van der Waals surface area contributed by atoms with Gasteiger partial charge in [0.05, 0.1) is 11.9 Å². The summed E-state index contributed by atoms with van der Waals surface area (Å²) in [6.07, 6.45) is 2.31. The highest BCUT2D eigenvalue weighted by Gasteiger charge is 2.16. The van der Waals surface area contributed by atoms with Gasteiger partial charge in [-0.1, -0.05) is 13.8 Å². The standard InChI is InChI=1S/C16H27N3O2/c1-11(2)9-12(3)18-13-7-8-14(17-10-13)19-15(20)21-16(4,5)6/h7-8,10-12,18H,9H2,1-6H3,(H,17,19,20). The Balaban J connectivity index is 2.52. The molecular formula is C16H27N3O2. The van der Waals surface area contributed by atoms with Crippen molar-refractivity contribution in [2.75, 3.05) is 10.6 Å². The predicted molar refractivity (Wildman–Crippen MR) is 86.6 cm³/mol. The van der Waals surface area contributed by atoms with Crippen molar-refractivity contribution >= 4 is 17.6 Å². The summed E-state index contributed by atoms with van der Waals surface area (Å²) in [6.45, 7) is 12.0. The number of nitrogens with one attached hydrogen (secondary N) is 2. The molecule has 1 aromatic heterocycles. The van der Waals surface area contributed by atoms with Crippen LogP contribution in [0.2, 0.25) is 0 Å². The van der Waals surface area contributed by atoms with Gasteiger partial charge in [-0.2, -0.15) is 0 Å². The maximum atomic E-state index is 11.6. The van der Waals surface area contributed by atoms with Gasteiger partial charge in [0.15, 0.2) is 0 Å². The average molecular weight is 293 g/mol. The molecule has 0 aliphatic carbocycles. The van der Waals surface area contributed by atoms with E-state index in [4.69, 9.17) is 4.74 Å². The second-order valence-corrected chi connectivity index (χ2v) is 6.73. The molecule has 0 spiro atoms. The first-order valence-corrected chi connectivity index (χ1v) is 7.38. The third kappa shape index (κ3) is 7.54. The van der Waals surface area contributed by atoms with Crippen LogP contribution in [0.25, 0.3) is 0 Å². The summed E-state index contributed by atoms with van der Waals surface area (Å²) < 4.78 is 5.17. The number of hydrogen-bond acceptors (Lipinski definition) is 4. The first kappa shape index (κ1) is 17.3. The number of amides is 1. The summed E-state index contributed by atoms with van der Waals surface area (Å²) in [5.41, 5.74) is 0.426. The van der Waals surface area contributed by atoms with Gasteiger partial charge in [0.1, 0.15) is 11.4 Å². The minimum absolute atomic E-state index is 0.386. The number of nitrogens with zero attached hydrogens (tertiary/aromatic N) is 1. The first-order valence-electron chi connectivity index (χ1n) is 7.38. The minimum atomic E-state index is -0.516. The summed E-state index contributed by atoms with van der Waals surface area (Å²) in [7, 11) is 0. The van der Waals surface area contributed by atoms with Gasteiger partial charge in [-0.3, -0.25) is 5.32 Å². The molecule has 0 radical (unpaired) electrons. The molecule has 1 unspecified atom stereocenters. The molecular weight excluding hydrogens is 266 g/mol. The predicted octanol–water partition coefficient (Wildman–Crippen LogP) is 4.28. The van der Waals surface area contributed by atoms with Crippen molar-refractivity contribution in [3.05, 3.63) is 18.3 Å². The van der Waals surface area contributed by atoms with Crippen LogP contribution in [-0.4, -0.2) is 22.7 Å². The Morgan fingerprint density at radius 1 is 1.29 bits per heavy atom. The number of aromatic nitrogens is 1. The van der Waals surface area contributed by atoms with Crippen LogP contribution in [0.3, 0.4) is 0 Å². The number of carbonyl (C=O) groups excluding carboxylic acids is 1. The third-order valence-corrected chi connectivity index (χ3v) is 2.63. The van der Waals surface area contributed by atoms with E-state index in [1.807, 2.05) is 26.8 Å². The van der Waals surface area contributed by atoms with Gasteiger partial charge >= 0.3 is 6.09 Å². The van der Waals surface area contributed by atoms with Crippen molar-refractivity contribution in [1.29, 1.82) is 0 Å². The van der Waals surface area contributed by atoms with Crippen LogP contribution in [0.15, 0.2) is 18.3 Å². The highest BCUT2D eigenvalue weighted by atomic mass is 16.6. The van der Waals surface area contributed by atoms with E-state index in [0.29, 0.717) is 17.8 Å². The Bertz CT molecular complexity index is 450. The van der Waals surface area contributed by atoms with Crippen molar-refractivity contribution in [2.24, 2.45) is 5.92 Å². The Kier molecular flexibility index (Phi) is 6.00. The second kappa shape index (κ2) is 7.29. The molecule has 118 valence electrons. The maximum Gasteiger partial charge on any atom is 0.413 e. The number of hydrogen-bond donors (Lipinski definition) is 2. The molecule has 1 amide bonds. The van der Waals surface area contributed by atoms with E-state index in [2.05, 4.69) is 36.4 Å². The molecule has 2 N–H and O–H groups in total. The second-order valence-electron chi connectivity index (χ2n) is 6.73. The zero-order chi connectivity index (χ0) is 16.0. The molecule has 0 fully saturated rings. The van der Waals surface area contributed by atoms with Gasteiger partial charge in [-0.15, -0.1) is 0 Å². The van der Waals surface area contributed by atoms with Crippen LogP contribution in [0.1, 0.15) is 48.0 Å². The molecule has 5 heteroatoms. The molecule has 1 aromatic rings. The van der Waals surface area contributed by atoms with Gasteiger partial charge in [0.25, 0.3) is 0 Å². The van der Waals surface area contributed by atoms with Gasteiger partial charge in [-0.05, 0) is 52.2 Å². The molecule has 1 rings (SSSR count). The van der Waals surface area contributed by atoms with Crippen molar-refractivity contribution in [3.63, 3.8) is 0 Å². The number of pyridine rings is 1. The van der Waals surface area contributed by atoms with Gasteiger partial charge in [-0.25, -0.2) is 9.78 Å². The third-order valence-electron chi connectivity index (χ3n) is 2.63. The van der Waals surface area contributed by atoms with Gasteiger partial charge in [0.2, 0.25) is 0 Å². The van der Waals surface area contributed by atoms with Crippen molar-refractivity contribution in [1.82, 2.24) is 4.98 Å². The summed E-state index contributed by atoms with van der Waals surface area (Å²) in [4.78, 5) is 15.8. The van der Waals surface area contributed by atoms with E-state index < -0.39 is 11.7 Å². The minimum Gasteiger partial charge on any atom is -0.444 e. The lowest BCUT2D eigenvalue weighted by Gasteiger charge is -2.19. The lowest BCUT2D eigenvalue weighted by atomic mass is 10.1. The normalized spacial score (nSPS) is 12.9. The molecule has 0 bridgehead atoms. The number of anilines is 2. The highest BCUT2D eigenvalue weighted by Crippen LogP contribution is 2.15. The van der Waals surface area contributed by atoms with Crippen LogP contribution >= 0.6 is 0 Å².